The lowest BCUT2D eigenvalue weighted by molar-refractivity contribution is 0.647. The van der Waals surface area contributed by atoms with Crippen LogP contribution in [-0.2, 0) is 6.42 Å². The van der Waals surface area contributed by atoms with E-state index in [1.54, 1.807) is 0 Å². The van der Waals surface area contributed by atoms with Crippen molar-refractivity contribution in [3.8, 4) is 0 Å². The van der Waals surface area contributed by atoms with Gasteiger partial charge in [-0.1, -0.05) is 13.8 Å². The summed E-state index contributed by atoms with van der Waals surface area (Å²) < 4.78 is 1.02. The third-order valence-electron chi connectivity index (χ3n) is 3.28. The smallest absolute Gasteiger partial charge is 0.0420 e. The lowest BCUT2D eigenvalue weighted by atomic mass is 10.1. The second kappa shape index (κ2) is 6.64. The van der Waals surface area contributed by atoms with E-state index in [0.29, 0.717) is 10.5 Å². The van der Waals surface area contributed by atoms with Gasteiger partial charge < -0.3 is 5.73 Å². The van der Waals surface area contributed by atoms with Crippen molar-refractivity contribution in [1.82, 2.24) is 4.98 Å². The van der Waals surface area contributed by atoms with Crippen LogP contribution in [0.5, 0.6) is 0 Å². The molecule has 4 unspecified atom stereocenters. The van der Waals surface area contributed by atoms with Crippen molar-refractivity contribution in [3.05, 3.63) is 28.5 Å². The molecule has 0 amide bonds. The predicted octanol–water partition coefficient (Wildman–Crippen LogP) is 3.34. The van der Waals surface area contributed by atoms with Gasteiger partial charge in [0, 0.05) is 50.3 Å². The van der Waals surface area contributed by atoms with Gasteiger partial charge in [0.2, 0.25) is 0 Å². The van der Waals surface area contributed by atoms with Crippen molar-refractivity contribution in [1.29, 1.82) is 0 Å². The minimum Gasteiger partial charge on any atom is -0.326 e. The van der Waals surface area contributed by atoms with Crippen LogP contribution in [0.2, 0.25) is 0 Å². The Morgan fingerprint density at radius 2 is 2.22 bits per heavy atom. The van der Waals surface area contributed by atoms with E-state index in [4.69, 9.17) is 5.73 Å². The van der Waals surface area contributed by atoms with Gasteiger partial charge in [0.25, 0.3) is 0 Å². The average Bonchev–Trinajstić information content (AvgIpc) is 2.35. The molecule has 2 N–H and O–H groups in total. The molecule has 100 valence electrons. The van der Waals surface area contributed by atoms with E-state index in [9.17, 15) is 0 Å². The highest BCUT2D eigenvalue weighted by molar-refractivity contribution is 9.10. The number of nitrogens with two attached hydrogens (primary N) is 1. The molecule has 2 rings (SSSR count). The monoisotopic (exact) mass is 346 g/mol. The van der Waals surface area contributed by atoms with E-state index in [1.807, 2.05) is 35.8 Å². The van der Waals surface area contributed by atoms with Crippen LogP contribution in [0, 0.1) is 0 Å². The number of pyridine rings is 1. The number of hydrogen-bond donors (Lipinski definition) is 1. The summed E-state index contributed by atoms with van der Waals surface area (Å²) in [4.78, 5) is 4.40. The maximum atomic E-state index is 6.34. The summed E-state index contributed by atoms with van der Waals surface area (Å²) in [5.74, 6) is 1.16. The molecule has 0 aliphatic carbocycles. The second-order valence-corrected chi connectivity index (χ2v) is 8.70. The predicted molar refractivity (Wildman–Crippen MR) is 86.4 cm³/mol. The molecule has 0 radical (unpaired) electrons. The molecule has 0 saturated carbocycles. The normalized spacial score (nSPS) is 30.1. The van der Waals surface area contributed by atoms with E-state index in [2.05, 4.69) is 40.8 Å². The third-order valence-corrected chi connectivity index (χ3v) is 7.33. The Labute approximate surface area is 126 Å². The maximum absolute atomic E-state index is 6.34. The highest BCUT2D eigenvalue weighted by atomic mass is 79.9. The second-order valence-electron chi connectivity index (χ2n) is 4.75. The van der Waals surface area contributed by atoms with Gasteiger partial charge in [-0.05, 0) is 28.1 Å². The summed E-state index contributed by atoms with van der Waals surface area (Å²) in [6.45, 7) is 4.61. The number of hydrogen-bond acceptors (Lipinski definition) is 4. The fourth-order valence-electron chi connectivity index (χ4n) is 1.93. The van der Waals surface area contributed by atoms with Gasteiger partial charge in [-0.3, -0.25) is 4.98 Å². The highest BCUT2D eigenvalue weighted by Gasteiger charge is 2.29. The SMILES string of the molecule is CC1SCC(C(N)Cc2ccc(Br)cn2)SC1C. The Morgan fingerprint density at radius 3 is 2.83 bits per heavy atom. The van der Waals surface area contributed by atoms with Crippen molar-refractivity contribution in [2.45, 2.75) is 42.1 Å². The zero-order chi connectivity index (χ0) is 13.1. The fraction of sp³-hybridized carbons (Fsp3) is 0.615. The first-order chi connectivity index (χ1) is 8.56. The molecule has 0 bridgehead atoms. The Hall–Kier alpha value is 0.290. The van der Waals surface area contributed by atoms with E-state index >= 15 is 0 Å². The summed E-state index contributed by atoms with van der Waals surface area (Å²) in [6, 6.07) is 4.28. The molecule has 1 aliphatic heterocycles. The van der Waals surface area contributed by atoms with Crippen LogP contribution in [0.3, 0.4) is 0 Å². The molecule has 4 atom stereocenters. The molecule has 0 aromatic carbocycles. The average molecular weight is 347 g/mol. The molecule has 1 aromatic heterocycles. The Kier molecular flexibility index (Phi) is 5.42. The van der Waals surface area contributed by atoms with Crippen LogP contribution in [-0.4, -0.2) is 32.5 Å². The fourth-order valence-corrected chi connectivity index (χ4v) is 5.23. The van der Waals surface area contributed by atoms with Gasteiger partial charge in [0.15, 0.2) is 0 Å². The highest BCUT2D eigenvalue weighted by Crippen LogP contribution is 2.37. The van der Waals surface area contributed by atoms with Crippen LogP contribution < -0.4 is 5.73 Å². The summed E-state index contributed by atoms with van der Waals surface area (Å²) in [7, 11) is 0. The number of rotatable bonds is 3. The van der Waals surface area contributed by atoms with Gasteiger partial charge in [0.05, 0.1) is 0 Å². The Bertz CT molecular complexity index is 385. The number of aromatic nitrogens is 1. The van der Waals surface area contributed by atoms with E-state index in [-0.39, 0.29) is 6.04 Å². The summed E-state index contributed by atoms with van der Waals surface area (Å²) in [5, 5.41) is 1.98. The van der Waals surface area contributed by atoms with Crippen molar-refractivity contribution < 1.29 is 0 Å². The summed E-state index contributed by atoms with van der Waals surface area (Å²) >= 11 is 7.49. The lowest BCUT2D eigenvalue weighted by Crippen LogP contribution is -2.41. The molecule has 1 aliphatic rings. The first-order valence-electron chi connectivity index (χ1n) is 6.19. The van der Waals surface area contributed by atoms with Gasteiger partial charge in [0.1, 0.15) is 0 Å². The molecule has 1 fully saturated rings. The topological polar surface area (TPSA) is 38.9 Å². The maximum Gasteiger partial charge on any atom is 0.0420 e. The number of thioether (sulfide) groups is 2. The molecule has 2 nitrogen and oxygen atoms in total. The van der Waals surface area contributed by atoms with E-state index in [1.165, 1.54) is 0 Å². The number of halogens is 1. The minimum atomic E-state index is 0.200. The Morgan fingerprint density at radius 1 is 1.44 bits per heavy atom. The van der Waals surface area contributed by atoms with Crippen LogP contribution in [0.1, 0.15) is 19.5 Å². The third kappa shape index (κ3) is 3.89. The van der Waals surface area contributed by atoms with Gasteiger partial charge in [-0.2, -0.15) is 23.5 Å². The summed E-state index contributed by atoms with van der Waals surface area (Å²) in [6.07, 6.45) is 2.71. The molecular weight excluding hydrogens is 328 g/mol. The van der Waals surface area contributed by atoms with Gasteiger partial charge in [-0.15, -0.1) is 0 Å². The molecule has 2 heterocycles. The first-order valence-corrected chi connectivity index (χ1v) is 8.98. The quantitative estimate of drug-likeness (QED) is 0.910. The van der Waals surface area contributed by atoms with Gasteiger partial charge >= 0.3 is 0 Å². The van der Waals surface area contributed by atoms with Crippen LogP contribution in [0.25, 0.3) is 0 Å². The standard InChI is InChI=1S/C13H19BrN2S2/c1-8-9(2)18-13(7-17-8)12(15)5-11-4-3-10(14)6-16-11/h3-4,6,8-9,12-13H,5,7,15H2,1-2H3. The Balaban J connectivity index is 1.91. The van der Waals surface area contributed by atoms with Crippen LogP contribution >= 0.6 is 39.5 Å². The molecule has 1 saturated heterocycles. The van der Waals surface area contributed by atoms with Crippen molar-refractivity contribution in [2.75, 3.05) is 5.75 Å². The zero-order valence-electron chi connectivity index (χ0n) is 10.7. The van der Waals surface area contributed by atoms with E-state index in [0.717, 1.165) is 27.6 Å². The molecule has 0 spiro atoms. The molecular formula is C13H19BrN2S2. The first kappa shape index (κ1) is 14.7. The number of nitrogens with zero attached hydrogens (tertiary/aromatic N) is 1. The largest absolute Gasteiger partial charge is 0.326 e. The zero-order valence-corrected chi connectivity index (χ0v) is 13.9. The molecule has 1 aromatic rings. The van der Waals surface area contributed by atoms with Gasteiger partial charge in [-0.25, -0.2) is 0 Å². The van der Waals surface area contributed by atoms with E-state index < -0.39 is 0 Å². The van der Waals surface area contributed by atoms with Crippen molar-refractivity contribution in [2.24, 2.45) is 5.73 Å². The molecule has 5 heteroatoms. The van der Waals surface area contributed by atoms with Crippen molar-refractivity contribution in [3.63, 3.8) is 0 Å². The molecule has 18 heavy (non-hydrogen) atoms. The van der Waals surface area contributed by atoms with Crippen LogP contribution in [0.4, 0.5) is 0 Å². The van der Waals surface area contributed by atoms with Crippen molar-refractivity contribution >= 4 is 39.5 Å². The van der Waals surface area contributed by atoms with Crippen LogP contribution in [0.15, 0.2) is 22.8 Å². The summed E-state index contributed by atoms with van der Waals surface area (Å²) in [5.41, 5.74) is 7.43. The minimum absolute atomic E-state index is 0.200. The lowest BCUT2D eigenvalue weighted by Gasteiger charge is -2.34.